The van der Waals surface area contributed by atoms with Crippen LogP contribution in [0.25, 0.3) is 39.7 Å². The maximum absolute atomic E-state index is 2.35. The lowest BCUT2D eigenvalue weighted by atomic mass is 10.2. The Morgan fingerprint density at radius 3 is 1.45 bits per heavy atom. The van der Waals surface area contributed by atoms with Crippen LogP contribution in [0.1, 0.15) is 0 Å². The number of benzene rings is 1. The van der Waals surface area contributed by atoms with Crippen LogP contribution in [0.2, 0.25) is 0 Å². The van der Waals surface area contributed by atoms with Crippen LogP contribution in [-0.4, -0.2) is 0 Å². The highest BCUT2D eigenvalue weighted by molar-refractivity contribution is 7.27. The van der Waals surface area contributed by atoms with Gasteiger partial charge in [0.15, 0.2) is 0 Å². The molecule has 106 valence electrons. The van der Waals surface area contributed by atoms with E-state index in [4.69, 9.17) is 0 Å². The molecule has 1 aromatic carbocycles. The van der Waals surface area contributed by atoms with Crippen LogP contribution in [0.4, 0.5) is 0 Å². The molecule has 0 aliphatic rings. The molecule has 5 aromatic rings. The van der Waals surface area contributed by atoms with Crippen LogP contribution in [0, 0.1) is 0 Å². The average Bonchev–Trinajstić information content (AvgIpc) is 3.27. The predicted octanol–water partition coefficient (Wildman–Crippen LogP) is 7.57. The van der Waals surface area contributed by atoms with E-state index in [2.05, 4.69) is 59.3 Å². The highest BCUT2D eigenvalue weighted by Crippen LogP contribution is 2.41. The highest BCUT2D eigenvalue weighted by Gasteiger charge is 2.10. The molecule has 0 aliphatic heterocycles. The second-order valence-electron chi connectivity index (χ2n) is 5.10. The first-order valence-electron chi connectivity index (χ1n) is 6.92. The lowest BCUT2D eigenvalue weighted by Crippen LogP contribution is -1.62. The quantitative estimate of drug-likeness (QED) is 0.306. The zero-order valence-corrected chi connectivity index (χ0v) is 14.7. The van der Waals surface area contributed by atoms with Crippen molar-refractivity contribution in [1.29, 1.82) is 0 Å². The molecule has 0 aliphatic carbocycles. The zero-order chi connectivity index (χ0) is 14.5. The minimum absolute atomic E-state index is 1.36. The molecule has 22 heavy (non-hydrogen) atoms. The summed E-state index contributed by atoms with van der Waals surface area (Å²) in [6.07, 6.45) is 0. The Hall–Kier alpha value is -1.46. The van der Waals surface area contributed by atoms with E-state index in [1.807, 2.05) is 45.3 Å². The van der Waals surface area contributed by atoms with Crippen LogP contribution in [-0.2, 0) is 0 Å². The summed E-state index contributed by atoms with van der Waals surface area (Å²) in [5.74, 6) is 0. The highest BCUT2D eigenvalue weighted by atomic mass is 32.1. The van der Waals surface area contributed by atoms with Crippen LogP contribution in [0.5, 0.6) is 0 Å². The molecule has 0 nitrogen and oxygen atoms in total. The Bertz CT molecular complexity index is 925. The first-order valence-corrected chi connectivity index (χ1v) is 10.3. The standard InChI is InChI=1S/C18H10S4/c1-3-13(19-5-1)17-9-11-7-16-12(8-15(11)21-17)10-18(22-16)14-4-2-6-20-14/h1-10H. The van der Waals surface area contributed by atoms with Crippen LogP contribution < -0.4 is 0 Å². The fraction of sp³-hybridized carbons (Fsp3) is 0. The summed E-state index contributed by atoms with van der Waals surface area (Å²) < 4.78 is 2.76. The first kappa shape index (κ1) is 13.0. The lowest BCUT2D eigenvalue weighted by molar-refractivity contribution is 1.95. The minimum Gasteiger partial charge on any atom is -0.143 e. The number of fused-ring (bicyclic) bond motifs is 2. The van der Waals surface area contributed by atoms with E-state index in [0.29, 0.717) is 0 Å². The molecule has 0 fully saturated rings. The van der Waals surface area contributed by atoms with E-state index in [0.717, 1.165) is 0 Å². The van der Waals surface area contributed by atoms with Gasteiger partial charge in [0.1, 0.15) is 0 Å². The van der Waals surface area contributed by atoms with E-state index in [-0.39, 0.29) is 0 Å². The maximum Gasteiger partial charge on any atom is 0.0455 e. The van der Waals surface area contributed by atoms with Gasteiger partial charge in [0.05, 0.1) is 0 Å². The van der Waals surface area contributed by atoms with Crippen molar-refractivity contribution in [2.24, 2.45) is 0 Å². The minimum atomic E-state index is 1.36. The summed E-state index contributed by atoms with van der Waals surface area (Å²) in [4.78, 5) is 5.48. The molecule has 0 spiro atoms. The fourth-order valence-corrected chi connectivity index (χ4v) is 6.49. The summed E-state index contributed by atoms with van der Waals surface area (Å²) in [6, 6.07) is 18.0. The second-order valence-corrected chi connectivity index (χ2v) is 9.17. The number of hydrogen-bond donors (Lipinski definition) is 0. The van der Waals surface area contributed by atoms with E-state index in [1.165, 1.54) is 39.7 Å². The van der Waals surface area contributed by atoms with Gasteiger partial charge in [0.2, 0.25) is 0 Å². The van der Waals surface area contributed by atoms with Crippen molar-refractivity contribution >= 4 is 65.5 Å². The smallest absolute Gasteiger partial charge is 0.0455 e. The van der Waals surface area contributed by atoms with Gasteiger partial charge >= 0.3 is 0 Å². The van der Waals surface area contributed by atoms with Gasteiger partial charge in [-0.25, -0.2) is 0 Å². The Morgan fingerprint density at radius 1 is 0.545 bits per heavy atom. The van der Waals surface area contributed by atoms with Crippen molar-refractivity contribution in [3.05, 3.63) is 59.3 Å². The molecule has 0 radical (unpaired) electrons. The molecule has 0 amide bonds. The van der Waals surface area contributed by atoms with Gasteiger partial charge < -0.3 is 0 Å². The van der Waals surface area contributed by atoms with Gasteiger partial charge in [-0.15, -0.1) is 45.3 Å². The van der Waals surface area contributed by atoms with Gasteiger partial charge in [0.25, 0.3) is 0 Å². The summed E-state index contributed by atoms with van der Waals surface area (Å²) in [6.45, 7) is 0. The number of rotatable bonds is 2. The Balaban J connectivity index is 1.69. The lowest BCUT2D eigenvalue weighted by Gasteiger charge is -1.89. The first-order chi connectivity index (χ1) is 10.9. The molecule has 0 unspecified atom stereocenters. The largest absolute Gasteiger partial charge is 0.143 e. The van der Waals surface area contributed by atoms with Crippen molar-refractivity contribution in [3.63, 3.8) is 0 Å². The normalized spacial score (nSPS) is 11.6. The molecule has 4 aromatic heterocycles. The third-order valence-corrected chi connectivity index (χ3v) is 8.01. The van der Waals surface area contributed by atoms with Crippen molar-refractivity contribution in [2.45, 2.75) is 0 Å². The second kappa shape index (κ2) is 5.03. The van der Waals surface area contributed by atoms with E-state index >= 15 is 0 Å². The van der Waals surface area contributed by atoms with E-state index in [1.54, 1.807) is 0 Å². The SMILES string of the molecule is c1csc(-c2cc3cc4sc(-c5cccs5)cc4cc3s2)c1. The summed E-state index contributed by atoms with van der Waals surface area (Å²) in [5, 5.41) is 7.01. The molecule has 0 saturated carbocycles. The third-order valence-electron chi connectivity index (χ3n) is 3.68. The van der Waals surface area contributed by atoms with Gasteiger partial charge in [0, 0.05) is 28.9 Å². The Morgan fingerprint density at radius 2 is 1.05 bits per heavy atom. The number of thiophene rings is 4. The Labute approximate surface area is 143 Å². The predicted molar refractivity (Wildman–Crippen MR) is 104 cm³/mol. The van der Waals surface area contributed by atoms with Gasteiger partial charge in [-0.1, -0.05) is 12.1 Å². The van der Waals surface area contributed by atoms with Gasteiger partial charge in [-0.05, 0) is 57.9 Å². The molecule has 0 saturated heterocycles. The monoisotopic (exact) mass is 354 g/mol. The third kappa shape index (κ3) is 2.07. The molecule has 4 heteroatoms. The fourth-order valence-electron chi connectivity index (χ4n) is 2.65. The topological polar surface area (TPSA) is 0 Å². The molecule has 0 bridgehead atoms. The molecular weight excluding hydrogens is 344 g/mol. The van der Waals surface area contributed by atoms with E-state index < -0.39 is 0 Å². The van der Waals surface area contributed by atoms with Crippen molar-refractivity contribution < 1.29 is 0 Å². The maximum atomic E-state index is 2.35. The Kier molecular flexibility index (Phi) is 2.98. The molecule has 4 heterocycles. The van der Waals surface area contributed by atoms with Crippen LogP contribution >= 0.6 is 45.3 Å². The molecule has 0 atom stereocenters. The van der Waals surface area contributed by atoms with Crippen molar-refractivity contribution in [2.75, 3.05) is 0 Å². The average molecular weight is 355 g/mol. The van der Waals surface area contributed by atoms with Gasteiger partial charge in [-0.3, -0.25) is 0 Å². The van der Waals surface area contributed by atoms with Crippen molar-refractivity contribution in [1.82, 2.24) is 0 Å². The zero-order valence-electron chi connectivity index (χ0n) is 11.4. The molecule has 5 rings (SSSR count). The number of hydrogen-bond acceptors (Lipinski definition) is 4. The van der Waals surface area contributed by atoms with Crippen molar-refractivity contribution in [3.8, 4) is 19.5 Å². The van der Waals surface area contributed by atoms with E-state index in [9.17, 15) is 0 Å². The van der Waals surface area contributed by atoms with Crippen LogP contribution in [0.3, 0.4) is 0 Å². The van der Waals surface area contributed by atoms with Crippen LogP contribution in [0.15, 0.2) is 59.3 Å². The van der Waals surface area contributed by atoms with Gasteiger partial charge in [-0.2, -0.15) is 0 Å². The summed E-state index contributed by atoms with van der Waals surface area (Å²) in [5.41, 5.74) is 0. The summed E-state index contributed by atoms with van der Waals surface area (Å²) >= 11 is 7.41. The molecule has 0 N–H and O–H groups in total. The summed E-state index contributed by atoms with van der Waals surface area (Å²) in [7, 11) is 0. The molecular formula is C18H10S4.